The van der Waals surface area contributed by atoms with Crippen LogP contribution < -0.4 is 5.56 Å². The molecule has 0 bridgehead atoms. The van der Waals surface area contributed by atoms with Crippen molar-refractivity contribution in [3.63, 3.8) is 0 Å². The summed E-state index contributed by atoms with van der Waals surface area (Å²) in [4.78, 5) is 12.5. The average Bonchev–Trinajstić information content (AvgIpc) is 2.55. The third kappa shape index (κ3) is 2.49. The van der Waals surface area contributed by atoms with Crippen LogP contribution >= 0.6 is 0 Å². The Hall–Kier alpha value is -2.93. The van der Waals surface area contributed by atoms with E-state index in [1.807, 2.05) is 49.4 Å². The Balaban J connectivity index is 2.28. The SMILES string of the molecule is Cc1ccc(-c2nn(CCC#N)c(=O)c3ccccc23)cc1. The molecular weight excluding hydrogens is 274 g/mol. The first kappa shape index (κ1) is 14.0. The lowest BCUT2D eigenvalue weighted by molar-refractivity contribution is 0.598. The van der Waals surface area contributed by atoms with Crippen LogP contribution in [0, 0.1) is 18.3 Å². The third-order valence-corrected chi connectivity index (χ3v) is 3.63. The van der Waals surface area contributed by atoms with Crippen LogP contribution in [0.5, 0.6) is 0 Å². The fourth-order valence-electron chi connectivity index (χ4n) is 2.47. The fraction of sp³-hybridized carbons (Fsp3) is 0.167. The van der Waals surface area contributed by atoms with Gasteiger partial charge in [-0.25, -0.2) is 4.68 Å². The molecule has 1 aromatic heterocycles. The second-order valence-electron chi connectivity index (χ2n) is 5.20. The van der Waals surface area contributed by atoms with Crippen LogP contribution in [0.15, 0.2) is 53.3 Å². The van der Waals surface area contributed by atoms with Crippen molar-refractivity contribution in [1.82, 2.24) is 9.78 Å². The van der Waals surface area contributed by atoms with E-state index in [-0.39, 0.29) is 12.0 Å². The lowest BCUT2D eigenvalue weighted by Crippen LogP contribution is -2.23. The normalized spacial score (nSPS) is 10.5. The molecule has 0 saturated heterocycles. The molecule has 22 heavy (non-hydrogen) atoms. The van der Waals surface area contributed by atoms with E-state index >= 15 is 0 Å². The predicted octanol–water partition coefficient (Wildman–Crippen LogP) is 3.29. The molecule has 0 atom stereocenters. The molecule has 1 heterocycles. The van der Waals surface area contributed by atoms with E-state index in [1.165, 1.54) is 10.2 Å². The Morgan fingerprint density at radius 1 is 1.09 bits per heavy atom. The largest absolute Gasteiger partial charge is 0.274 e. The van der Waals surface area contributed by atoms with Gasteiger partial charge in [-0.05, 0) is 13.0 Å². The highest BCUT2D eigenvalue weighted by atomic mass is 16.1. The summed E-state index contributed by atoms with van der Waals surface area (Å²) in [6, 6.07) is 17.6. The Morgan fingerprint density at radius 3 is 2.45 bits per heavy atom. The Labute approximate surface area is 128 Å². The van der Waals surface area contributed by atoms with Gasteiger partial charge in [-0.2, -0.15) is 10.4 Å². The molecule has 0 spiro atoms. The smallest absolute Gasteiger partial charge is 0.267 e. The quantitative estimate of drug-likeness (QED) is 0.743. The van der Waals surface area contributed by atoms with Crippen molar-refractivity contribution in [2.24, 2.45) is 0 Å². The number of aromatic nitrogens is 2. The lowest BCUT2D eigenvalue weighted by Gasteiger charge is -2.10. The van der Waals surface area contributed by atoms with E-state index in [0.717, 1.165) is 16.6 Å². The average molecular weight is 289 g/mol. The van der Waals surface area contributed by atoms with Crippen LogP contribution in [-0.2, 0) is 6.54 Å². The zero-order chi connectivity index (χ0) is 15.5. The number of fused-ring (bicyclic) bond motifs is 1. The van der Waals surface area contributed by atoms with Crippen molar-refractivity contribution in [1.29, 1.82) is 5.26 Å². The summed E-state index contributed by atoms with van der Waals surface area (Å²) in [6.45, 7) is 2.34. The van der Waals surface area contributed by atoms with Gasteiger partial charge in [0.25, 0.3) is 5.56 Å². The van der Waals surface area contributed by atoms with Gasteiger partial charge in [0.1, 0.15) is 0 Å². The lowest BCUT2D eigenvalue weighted by atomic mass is 10.0. The molecule has 3 rings (SSSR count). The molecule has 0 aliphatic heterocycles. The third-order valence-electron chi connectivity index (χ3n) is 3.63. The van der Waals surface area contributed by atoms with Gasteiger partial charge in [-0.1, -0.05) is 48.0 Å². The van der Waals surface area contributed by atoms with E-state index in [1.54, 1.807) is 6.07 Å². The summed E-state index contributed by atoms with van der Waals surface area (Å²) < 4.78 is 1.39. The number of nitrogens with zero attached hydrogens (tertiary/aromatic N) is 3. The number of hydrogen-bond acceptors (Lipinski definition) is 3. The van der Waals surface area contributed by atoms with Crippen LogP contribution in [0.4, 0.5) is 0 Å². The molecule has 0 N–H and O–H groups in total. The van der Waals surface area contributed by atoms with Gasteiger partial charge in [-0.15, -0.1) is 0 Å². The molecule has 4 nitrogen and oxygen atoms in total. The minimum absolute atomic E-state index is 0.151. The minimum Gasteiger partial charge on any atom is -0.267 e. The van der Waals surface area contributed by atoms with E-state index in [0.29, 0.717) is 11.9 Å². The highest BCUT2D eigenvalue weighted by Gasteiger charge is 2.11. The van der Waals surface area contributed by atoms with Crippen LogP contribution in [0.1, 0.15) is 12.0 Å². The first-order valence-corrected chi connectivity index (χ1v) is 7.14. The van der Waals surface area contributed by atoms with E-state index < -0.39 is 0 Å². The summed E-state index contributed by atoms with van der Waals surface area (Å²) in [6.07, 6.45) is 0.262. The second-order valence-corrected chi connectivity index (χ2v) is 5.20. The number of aryl methyl sites for hydroxylation is 2. The van der Waals surface area contributed by atoms with Gasteiger partial charge in [0.15, 0.2) is 0 Å². The van der Waals surface area contributed by atoms with Gasteiger partial charge in [0, 0.05) is 10.9 Å². The van der Waals surface area contributed by atoms with Crippen LogP contribution in [-0.4, -0.2) is 9.78 Å². The molecule has 4 heteroatoms. The molecular formula is C18H15N3O. The summed E-state index contributed by atoms with van der Waals surface area (Å²) in [5, 5.41) is 14.7. The molecule has 0 aliphatic carbocycles. The Bertz CT molecular complexity index is 918. The summed E-state index contributed by atoms with van der Waals surface area (Å²) in [5.74, 6) is 0. The zero-order valence-corrected chi connectivity index (χ0v) is 12.3. The van der Waals surface area contributed by atoms with Crippen molar-refractivity contribution in [3.8, 4) is 17.3 Å². The van der Waals surface area contributed by atoms with Crippen molar-refractivity contribution >= 4 is 10.8 Å². The molecule has 0 amide bonds. The van der Waals surface area contributed by atoms with Crippen LogP contribution in [0.25, 0.3) is 22.0 Å². The molecule has 2 aromatic carbocycles. The van der Waals surface area contributed by atoms with E-state index in [9.17, 15) is 4.79 Å². The highest BCUT2D eigenvalue weighted by molar-refractivity contribution is 5.93. The molecule has 0 radical (unpaired) electrons. The number of benzene rings is 2. The van der Waals surface area contributed by atoms with Gasteiger partial charge in [-0.3, -0.25) is 4.79 Å². The van der Waals surface area contributed by atoms with Gasteiger partial charge in [0.2, 0.25) is 0 Å². The van der Waals surface area contributed by atoms with Crippen molar-refractivity contribution in [2.75, 3.05) is 0 Å². The number of hydrogen-bond donors (Lipinski definition) is 0. The van der Waals surface area contributed by atoms with Crippen LogP contribution in [0.2, 0.25) is 0 Å². The van der Waals surface area contributed by atoms with Gasteiger partial charge >= 0.3 is 0 Å². The number of rotatable bonds is 3. The fourth-order valence-corrected chi connectivity index (χ4v) is 2.47. The summed E-state index contributed by atoms with van der Waals surface area (Å²) in [7, 11) is 0. The molecule has 3 aromatic rings. The molecule has 0 fully saturated rings. The minimum atomic E-state index is -0.151. The first-order valence-electron chi connectivity index (χ1n) is 7.14. The van der Waals surface area contributed by atoms with Crippen LogP contribution in [0.3, 0.4) is 0 Å². The molecule has 108 valence electrons. The van der Waals surface area contributed by atoms with Crippen molar-refractivity contribution in [2.45, 2.75) is 19.9 Å². The maximum absolute atomic E-state index is 12.5. The number of nitriles is 1. The first-order chi connectivity index (χ1) is 10.7. The standard InChI is InChI=1S/C18H15N3O/c1-13-7-9-14(10-8-13)17-15-5-2-3-6-16(15)18(22)21(20-17)12-4-11-19/h2-3,5-10H,4,12H2,1H3. The maximum Gasteiger partial charge on any atom is 0.274 e. The van der Waals surface area contributed by atoms with Crippen molar-refractivity contribution in [3.05, 3.63) is 64.4 Å². The topological polar surface area (TPSA) is 58.7 Å². The summed E-state index contributed by atoms with van der Waals surface area (Å²) in [5.41, 5.74) is 2.76. The van der Waals surface area contributed by atoms with E-state index in [2.05, 4.69) is 11.2 Å². The highest BCUT2D eigenvalue weighted by Crippen LogP contribution is 2.24. The second kappa shape index (κ2) is 5.82. The maximum atomic E-state index is 12.5. The predicted molar refractivity (Wildman–Crippen MR) is 86.4 cm³/mol. The Morgan fingerprint density at radius 2 is 1.77 bits per heavy atom. The van der Waals surface area contributed by atoms with Gasteiger partial charge < -0.3 is 0 Å². The molecule has 0 aliphatic rings. The zero-order valence-electron chi connectivity index (χ0n) is 12.3. The van der Waals surface area contributed by atoms with Crippen molar-refractivity contribution < 1.29 is 0 Å². The van der Waals surface area contributed by atoms with E-state index in [4.69, 9.17) is 5.26 Å². The molecule has 0 saturated carbocycles. The summed E-state index contributed by atoms with van der Waals surface area (Å²) >= 11 is 0. The van der Waals surface area contributed by atoms with Gasteiger partial charge in [0.05, 0.1) is 30.1 Å². The monoisotopic (exact) mass is 289 g/mol. The Kier molecular flexibility index (Phi) is 3.71. The molecule has 0 unspecified atom stereocenters.